The van der Waals surface area contributed by atoms with Gasteiger partial charge in [-0.25, -0.2) is 0 Å². The van der Waals surface area contributed by atoms with Crippen LogP contribution in [0.15, 0.2) is 0 Å². The van der Waals surface area contributed by atoms with Crippen molar-refractivity contribution < 1.29 is 4.74 Å². The molecule has 0 saturated carbocycles. The molecular formula is C13H26N2OS. The maximum Gasteiger partial charge on any atom is 0.0760 e. The molecule has 0 aromatic carbocycles. The number of rotatable bonds is 4. The van der Waals surface area contributed by atoms with Gasteiger partial charge in [0.2, 0.25) is 0 Å². The van der Waals surface area contributed by atoms with Gasteiger partial charge in [0.1, 0.15) is 0 Å². The van der Waals surface area contributed by atoms with E-state index in [1.165, 1.54) is 0 Å². The summed E-state index contributed by atoms with van der Waals surface area (Å²) < 4.78 is 6.09. The van der Waals surface area contributed by atoms with Crippen LogP contribution in [0.1, 0.15) is 47.5 Å². The van der Waals surface area contributed by atoms with Crippen molar-refractivity contribution in [2.24, 2.45) is 5.73 Å². The van der Waals surface area contributed by atoms with Crippen LogP contribution in [0.2, 0.25) is 0 Å². The van der Waals surface area contributed by atoms with Crippen LogP contribution >= 0.6 is 12.2 Å². The molecule has 1 fully saturated rings. The van der Waals surface area contributed by atoms with E-state index in [0.717, 1.165) is 25.9 Å². The highest BCUT2D eigenvalue weighted by atomic mass is 32.1. The Balaban J connectivity index is 2.77. The predicted octanol–water partition coefficient (Wildman–Crippen LogP) is 2.33. The second kappa shape index (κ2) is 5.21. The predicted molar refractivity (Wildman–Crippen MR) is 76.3 cm³/mol. The van der Waals surface area contributed by atoms with Crippen LogP contribution in [0.3, 0.4) is 0 Å². The Morgan fingerprint density at radius 1 is 1.29 bits per heavy atom. The van der Waals surface area contributed by atoms with E-state index in [-0.39, 0.29) is 11.2 Å². The summed E-state index contributed by atoms with van der Waals surface area (Å²) in [5.74, 6) is 0. The number of thiocarbonyl (C=S) groups is 1. The van der Waals surface area contributed by atoms with Gasteiger partial charge in [0.25, 0.3) is 0 Å². The smallest absolute Gasteiger partial charge is 0.0760 e. The zero-order valence-corrected chi connectivity index (χ0v) is 12.6. The van der Waals surface area contributed by atoms with Crippen LogP contribution in [0, 0.1) is 0 Å². The SMILES string of the molecule is CCC(CC(N)=S)N1CC(C)(C)OC(C)(C)C1. The van der Waals surface area contributed by atoms with Crippen molar-refractivity contribution >= 4 is 17.2 Å². The lowest BCUT2D eigenvalue weighted by Gasteiger charge is -2.49. The second-order valence-electron chi connectivity index (χ2n) is 6.26. The molecule has 1 heterocycles. The molecule has 0 amide bonds. The van der Waals surface area contributed by atoms with Gasteiger partial charge in [0, 0.05) is 25.6 Å². The first-order valence-electron chi connectivity index (χ1n) is 6.38. The molecule has 0 aliphatic carbocycles. The summed E-state index contributed by atoms with van der Waals surface area (Å²) in [4.78, 5) is 3.09. The van der Waals surface area contributed by atoms with E-state index < -0.39 is 0 Å². The van der Waals surface area contributed by atoms with Gasteiger partial charge >= 0.3 is 0 Å². The van der Waals surface area contributed by atoms with Crippen LogP contribution in [-0.4, -0.2) is 40.2 Å². The minimum Gasteiger partial charge on any atom is -0.393 e. The summed E-state index contributed by atoms with van der Waals surface area (Å²) in [6, 6.07) is 0.440. The van der Waals surface area contributed by atoms with E-state index in [9.17, 15) is 0 Å². The van der Waals surface area contributed by atoms with Crippen molar-refractivity contribution in [3.63, 3.8) is 0 Å². The third-order valence-electron chi connectivity index (χ3n) is 3.14. The molecule has 100 valence electrons. The molecule has 1 rings (SSSR count). The van der Waals surface area contributed by atoms with Crippen LogP contribution in [0.4, 0.5) is 0 Å². The second-order valence-corrected chi connectivity index (χ2v) is 6.78. The quantitative estimate of drug-likeness (QED) is 0.786. The van der Waals surface area contributed by atoms with E-state index >= 15 is 0 Å². The molecule has 4 heteroatoms. The molecule has 1 atom stereocenters. The molecule has 1 aliphatic rings. The minimum absolute atomic E-state index is 0.106. The molecule has 1 aliphatic heterocycles. The number of hydrogen-bond donors (Lipinski definition) is 1. The standard InChI is InChI=1S/C13H26N2OS/c1-6-10(7-11(14)17)15-8-12(2,3)16-13(4,5)9-15/h10H,6-9H2,1-5H3,(H2,14,17). The van der Waals surface area contributed by atoms with Gasteiger partial charge in [-0.3, -0.25) is 4.90 Å². The molecule has 3 nitrogen and oxygen atoms in total. The number of nitrogens with two attached hydrogens (primary N) is 1. The van der Waals surface area contributed by atoms with Crippen molar-refractivity contribution in [2.45, 2.75) is 64.7 Å². The van der Waals surface area contributed by atoms with Gasteiger partial charge in [-0.2, -0.15) is 0 Å². The van der Waals surface area contributed by atoms with Crippen molar-refractivity contribution in [3.8, 4) is 0 Å². The maximum absolute atomic E-state index is 6.09. The third kappa shape index (κ3) is 4.53. The number of nitrogens with zero attached hydrogens (tertiary/aromatic N) is 1. The molecule has 0 bridgehead atoms. The molecule has 17 heavy (non-hydrogen) atoms. The highest BCUT2D eigenvalue weighted by molar-refractivity contribution is 7.80. The normalized spacial score (nSPS) is 25.5. The maximum atomic E-state index is 6.09. The number of morpholine rings is 1. The van der Waals surface area contributed by atoms with Crippen molar-refractivity contribution in [3.05, 3.63) is 0 Å². The van der Waals surface area contributed by atoms with Gasteiger partial charge in [-0.05, 0) is 34.1 Å². The third-order valence-corrected chi connectivity index (χ3v) is 3.31. The number of ether oxygens (including phenoxy) is 1. The lowest BCUT2D eigenvalue weighted by Crippen LogP contribution is -2.59. The molecule has 0 aromatic rings. The first-order valence-corrected chi connectivity index (χ1v) is 6.78. The van der Waals surface area contributed by atoms with Crippen LogP contribution in [0.25, 0.3) is 0 Å². The van der Waals surface area contributed by atoms with Gasteiger partial charge in [0.05, 0.1) is 16.2 Å². The Hall–Kier alpha value is -0.190. The first kappa shape index (κ1) is 14.9. The zero-order chi connectivity index (χ0) is 13.3. The minimum atomic E-state index is -0.106. The fourth-order valence-electron chi connectivity index (χ4n) is 2.87. The summed E-state index contributed by atoms with van der Waals surface area (Å²) >= 11 is 5.04. The highest BCUT2D eigenvalue weighted by Gasteiger charge is 2.40. The van der Waals surface area contributed by atoms with Crippen molar-refractivity contribution in [2.75, 3.05) is 13.1 Å². The van der Waals surface area contributed by atoms with Crippen molar-refractivity contribution in [1.29, 1.82) is 0 Å². The van der Waals surface area contributed by atoms with E-state index in [1.807, 2.05) is 0 Å². The summed E-state index contributed by atoms with van der Waals surface area (Å²) in [6.07, 6.45) is 1.88. The highest BCUT2D eigenvalue weighted by Crippen LogP contribution is 2.30. The van der Waals surface area contributed by atoms with Gasteiger partial charge in [-0.15, -0.1) is 0 Å². The molecular weight excluding hydrogens is 232 g/mol. The van der Waals surface area contributed by atoms with E-state index in [0.29, 0.717) is 11.0 Å². The van der Waals surface area contributed by atoms with Gasteiger partial charge < -0.3 is 10.5 Å². The largest absolute Gasteiger partial charge is 0.393 e. The molecule has 0 aromatic heterocycles. The zero-order valence-electron chi connectivity index (χ0n) is 11.7. The molecule has 1 unspecified atom stereocenters. The van der Waals surface area contributed by atoms with Crippen LogP contribution in [0.5, 0.6) is 0 Å². The lowest BCUT2D eigenvalue weighted by molar-refractivity contribution is -0.187. The molecule has 2 N–H and O–H groups in total. The Morgan fingerprint density at radius 3 is 2.12 bits per heavy atom. The molecule has 1 saturated heterocycles. The van der Waals surface area contributed by atoms with Gasteiger partial charge in [-0.1, -0.05) is 19.1 Å². The van der Waals surface area contributed by atoms with E-state index in [4.69, 9.17) is 22.7 Å². The van der Waals surface area contributed by atoms with E-state index in [2.05, 4.69) is 39.5 Å². The van der Waals surface area contributed by atoms with Crippen molar-refractivity contribution in [1.82, 2.24) is 4.90 Å². The summed E-state index contributed by atoms with van der Waals surface area (Å²) in [5, 5.41) is 0. The molecule has 0 radical (unpaired) electrons. The fraction of sp³-hybridized carbons (Fsp3) is 0.923. The fourth-order valence-corrected chi connectivity index (χ4v) is 3.06. The first-order chi connectivity index (χ1) is 7.65. The monoisotopic (exact) mass is 258 g/mol. The topological polar surface area (TPSA) is 38.5 Å². The lowest BCUT2D eigenvalue weighted by atomic mass is 9.95. The number of hydrogen-bond acceptors (Lipinski definition) is 3. The summed E-state index contributed by atoms with van der Waals surface area (Å²) in [7, 11) is 0. The van der Waals surface area contributed by atoms with Crippen LogP contribution in [-0.2, 0) is 4.74 Å². The average Bonchev–Trinajstić information content (AvgIpc) is 2.08. The summed E-state index contributed by atoms with van der Waals surface area (Å²) in [6.45, 7) is 12.7. The van der Waals surface area contributed by atoms with Gasteiger partial charge in [0.15, 0.2) is 0 Å². The van der Waals surface area contributed by atoms with E-state index in [1.54, 1.807) is 0 Å². The van der Waals surface area contributed by atoms with Crippen LogP contribution < -0.4 is 5.73 Å². The summed E-state index contributed by atoms with van der Waals surface area (Å²) in [5.41, 5.74) is 5.47. The Kier molecular flexibility index (Phi) is 4.55. The Morgan fingerprint density at radius 2 is 1.76 bits per heavy atom. The Labute approximate surface area is 111 Å². The average molecular weight is 258 g/mol. The Bertz CT molecular complexity index is 273. The molecule has 0 spiro atoms.